The minimum absolute atomic E-state index is 0.344. The molecular weight excluding hydrogens is 288 g/mol. The number of nitrogens with zero attached hydrogens (tertiary/aromatic N) is 2. The highest BCUT2D eigenvalue weighted by Gasteiger charge is 2.22. The number of fused-ring (bicyclic) bond motifs is 1. The summed E-state index contributed by atoms with van der Waals surface area (Å²) in [7, 11) is 1.60. The van der Waals surface area contributed by atoms with Crippen molar-refractivity contribution in [2.45, 2.75) is 13.0 Å². The number of para-hydroxylation sites is 2. The topological polar surface area (TPSA) is 51.7 Å². The van der Waals surface area contributed by atoms with Crippen LogP contribution in [0.5, 0.6) is 5.75 Å². The molecule has 2 aromatic rings. The zero-order valence-corrected chi connectivity index (χ0v) is 12.6. The molecule has 2 heterocycles. The van der Waals surface area contributed by atoms with Crippen LogP contribution >= 0.6 is 11.3 Å². The Bertz CT molecular complexity index is 642. The number of hydrogen-bond acceptors (Lipinski definition) is 6. The van der Waals surface area contributed by atoms with E-state index in [9.17, 15) is 4.79 Å². The van der Waals surface area contributed by atoms with Crippen molar-refractivity contribution in [3.8, 4) is 5.75 Å². The van der Waals surface area contributed by atoms with Gasteiger partial charge in [-0.25, -0.2) is 4.98 Å². The molecule has 0 saturated heterocycles. The third kappa shape index (κ3) is 2.77. The Morgan fingerprint density at radius 1 is 1.48 bits per heavy atom. The van der Waals surface area contributed by atoms with Crippen molar-refractivity contribution in [3.63, 3.8) is 0 Å². The number of carbonyl (C=O) groups excluding carboxylic acids is 1. The average Bonchev–Trinajstić information content (AvgIpc) is 2.78. The van der Waals surface area contributed by atoms with Gasteiger partial charge in [0.15, 0.2) is 11.4 Å². The van der Waals surface area contributed by atoms with Gasteiger partial charge in [0.05, 0.1) is 29.5 Å². The van der Waals surface area contributed by atoms with Gasteiger partial charge in [0.2, 0.25) is 0 Å². The van der Waals surface area contributed by atoms with Crippen molar-refractivity contribution in [2.24, 2.45) is 0 Å². The molecule has 1 aliphatic heterocycles. The Morgan fingerprint density at radius 3 is 3.14 bits per heavy atom. The van der Waals surface area contributed by atoms with Crippen LogP contribution in [0.3, 0.4) is 0 Å². The van der Waals surface area contributed by atoms with Gasteiger partial charge in [0.1, 0.15) is 5.75 Å². The van der Waals surface area contributed by atoms with Crippen LogP contribution in [0.1, 0.15) is 21.8 Å². The van der Waals surface area contributed by atoms with E-state index in [2.05, 4.69) is 9.88 Å². The van der Waals surface area contributed by atoms with E-state index >= 15 is 0 Å². The Labute approximate surface area is 127 Å². The maximum atomic E-state index is 11.2. The molecular formula is C15H16N2O3S. The van der Waals surface area contributed by atoms with E-state index < -0.39 is 0 Å². The summed E-state index contributed by atoms with van der Waals surface area (Å²) in [4.78, 5) is 18.5. The maximum Gasteiger partial charge on any atom is 0.190 e. The summed E-state index contributed by atoms with van der Waals surface area (Å²) in [5.41, 5.74) is 1.68. The van der Waals surface area contributed by atoms with Crippen LogP contribution in [0.15, 0.2) is 24.3 Å². The zero-order valence-electron chi connectivity index (χ0n) is 11.7. The number of aromatic nitrogens is 1. The second-order valence-electron chi connectivity index (χ2n) is 4.68. The number of thiazole rings is 1. The maximum absolute atomic E-state index is 11.2. The van der Waals surface area contributed by atoms with Gasteiger partial charge in [0, 0.05) is 13.7 Å². The molecule has 0 amide bonds. The minimum Gasteiger partial charge on any atom is -0.491 e. The summed E-state index contributed by atoms with van der Waals surface area (Å²) in [5.74, 6) is 0.853. The second-order valence-corrected chi connectivity index (χ2v) is 5.69. The Morgan fingerprint density at radius 2 is 2.33 bits per heavy atom. The molecule has 0 fully saturated rings. The van der Waals surface area contributed by atoms with Gasteiger partial charge < -0.3 is 14.4 Å². The van der Waals surface area contributed by atoms with Crippen molar-refractivity contribution in [3.05, 3.63) is 34.8 Å². The molecule has 0 saturated carbocycles. The lowest BCUT2D eigenvalue weighted by molar-refractivity contribution is 0.112. The van der Waals surface area contributed by atoms with Crippen molar-refractivity contribution >= 4 is 28.4 Å². The predicted molar refractivity (Wildman–Crippen MR) is 81.8 cm³/mol. The Kier molecular flexibility index (Phi) is 4.17. The zero-order chi connectivity index (χ0) is 14.7. The van der Waals surface area contributed by atoms with Gasteiger partial charge in [-0.2, -0.15) is 0 Å². The van der Waals surface area contributed by atoms with Gasteiger partial charge in [-0.15, -0.1) is 0 Å². The summed E-state index contributed by atoms with van der Waals surface area (Å²) < 4.78 is 10.9. The number of rotatable bonds is 4. The lowest BCUT2D eigenvalue weighted by Crippen LogP contribution is -2.17. The summed E-state index contributed by atoms with van der Waals surface area (Å²) >= 11 is 1.39. The first kappa shape index (κ1) is 14.0. The smallest absolute Gasteiger partial charge is 0.190 e. The van der Waals surface area contributed by atoms with Crippen molar-refractivity contribution in [1.29, 1.82) is 0 Å². The largest absolute Gasteiger partial charge is 0.491 e. The van der Waals surface area contributed by atoms with Gasteiger partial charge in [-0.3, -0.25) is 4.79 Å². The van der Waals surface area contributed by atoms with E-state index in [-0.39, 0.29) is 0 Å². The second kappa shape index (κ2) is 6.24. The van der Waals surface area contributed by atoms with E-state index in [1.54, 1.807) is 7.11 Å². The molecule has 0 N–H and O–H groups in total. The van der Waals surface area contributed by atoms with Crippen LogP contribution in [-0.4, -0.2) is 31.5 Å². The van der Waals surface area contributed by atoms with E-state index in [1.165, 1.54) is 11.3 Å². The summed E-state index contributed by atoms with van der Waals surface area (Å²) in [6.07, 6.45) is 1.75. The highest BCUT2D eigenvalue weighted by atomic mass is 32.1. The first-order chi connectivity index (χ1) is 10.3. The van der Waals surface area contributed by atoms with Crippen molar-refractivity contribution in [2.75, 3.05) is 25.2 Å². The molecule has 0 atom stereocenters. The highest BCUT2D eigenvalue weighted by molar-refractivity contribution is 7.17. The quantitative estimate of drug-likeness (QED) is 0.813. The fraction of sp³-hybridized carbons (Fsp3) is 0.333. The van der Waals surface area contributed by atoms with Crippen molar-refractivity contribution < 1.29 is 14.3 Å². The van der Waals surface area contributed by atoms with Crippen LogP contribution in [0.25, 0.3) is 0 Å². The number of benzene rings is 1. The molecule has 5 nitrogen and oxygen atoms in total. The molecule has 21 heavy (non-hydrogen) atoms. The molecule has 0 aliphatic carbocycles. The lowest BCUT2D eigenvalue weighted by atomic mass is 10.2. The molecule has 0 spiro atoms. The number of ether oxygens (including phenoxy) is 2. The van der Waals surface area contributed by atoms with Crippen LogP contribution in [0.4, 0.5) is 10.8 Å². The molecule has 0 unspecified atom stereocenters. The third-order valence-corrected chi connectivity index (χ3v) is 4.32. The van der Waals surface area contributed by atoms with Gasteiger partial charge in [-0.05, 0) is 18.6 Å². The number of carbonyl (C=O) groups is 1. The average molecular weight is 304 g/mol. The number of aldehydes is 1. The fourth-order valence-corrected chi connectivity index (χ4v) is 3.25. The summed E-state index contributed by atoms with van der Waals surface area (Å²) in [6.45, 7) is 1.84. The first-order valence-electron chi connectivity index (χ1n) is 6.76. The van der Waals surface area contributed by atoms with Gasteiger partial charge in [0.25, 0.3) is 0 Å². The van der Waals surface area contributed by atoms with Gasteiger partial charge >= 0.3 is 0 Å². The van der Waals surface area contributed by atoms with E-state index in [0.29, 0.717) is 23.8 Å². The van der Waals surface area contributed by atoms with E-state index in [0.717, 1.165) is 35.8 Å². The normalized spacial score (nSPS) is 14.2. The van der Waals surface area contributed by atoms with Crippen molar-refractivity contribution in [1.82, 2.24) is 4.98 Å². The molecule has 1 aromatic carbocycles. The molecule has 0 bridgehead atoms. The lowest BCUT2D eigenvalue weighted by Gasteiger charge is -2.20. The van der Waals surface area contributed by atoms with Crippen LogP contribution in [0, 0.1) is 0 Å². The standard InChI is InChI=1S/C15H16N2O3S/c1-19-10-11-14(9-18)21-15(16-11)17-7-4-8-20-13-6-3-2-5-12(13)17/h2-3,5-6,9H,4,7-8,10H2,1H3. The van der Waals surface area contributed by atoms with Crippen LogP contribution in [0.2, 0.25) is 0 Å². The number of anilines is 2. The SMILES string of the molecule is COCc1nc(N2CCCOc3ccccc32)sc1C=O. The number of methoxy groups -OCH3 is 1. The summed E-state index contributed by atoms with van der Waals surface area (Å²) in [5, 5.41) is 0.808. The molecule has 1 aromatic heterocycles. The van der Waals surface area contributed by atoms with Crippen LogP contribution < -0.4 is 9.64 Å². The van der Waals surface area contributed by atoms with E-state index in [4.69, 9.17) is 9.47 Å². The predicted octanol–water partition coefficient (Wildman–Crippen LogP) is 3.02. The fourth-order valence-electron chi connectivity index (χ4n) is 2.32. The summed E-state index contributed by atoms with van der Waals surface area (Å²) in [6, 6.07) is 7.90. The molecule has 0 radical (unpaired) electrons. The van der Waals surface area contributed by atoms with E-state index in [1.807, 2.05) is 24.3 Å². The molecule has 110 valence electrons. The molecule has 1 aliphatic rings. The monoisotopic (exact) mass is 304 g/mol. The highest BCUT2D eigenvalue weighted by Crippen LogP contribution is 2.38. The minimum atomic E-state index is 0.344. The van der Waals surface area contributed by atoms with Gasteiger partial charge in [-0.1, -0.05) is 23.5 Å². The first-order valence-corrected chi connectivity index (χ1v) is 7.58. The Hall–Kier alpha value is -1.92. The number of hydrogen-bond donors (Lipinski definition) is 0. The molecule has 6 heteroatoms. The molecule has 3 rings (SSSR count). The Balaban J connectivity index is 2.01. The van der Waals surface area contributed by atoms with Crippen LogP contribution in [-0.2, 0) is 11.3 Å². The third-order valence-electron chi connectivity index (χ3n) is 3.27.